The first-order chi connectivity index (χ1) is 16.2. The van der Waals surface area contributed by atoms with Gasteiger partial charge in [-0.05, 0) is 36.6 Å². The molecule has 0 fully saturated rings. The van der Waals surface area contributed by atoms with E-state index in [0.717, 1.165) is 5.76 Å². The predicted molar refractivity (Wildman–Crippen MR) is 140 cm³/mol. The quantitative estimate of drug-likeness (QED) is 0.503. The monoisotopic (exact) mass is 502 g/mol. The van der Waals surface area contributed by atoms with Gasteiger partial charge >= 0.3 is 10.2 Å². The third-order valence-electron chi connectivity index (χ3n) is 5.75. The summed E-state index contributed by atoms with van der Waals surface area (Å²) in [6, 6.07) is 8.62. The van der Waals surface area contributed by atoms with E-state index in [1.807, 2.05) is 53.9 Å². The Morgan fingerprint density at radius 1 is 1.06 bits per heavy atom. The Morgan fingerprint density at radius 2 is 1.69 bits per heavy atom. The number of hydrogen-bond acceptors (Lipinski definition) is 7. The third kappa shape index (κ3) is 5.19. The van der Waals surface area contributed by atoms with Crippen LogP contribution in [0.25, 0.3) is 0 Å². The van der Waals surface area contributed by atoms with Gasteiger partial charge in [0.2, 0.25) is 0 Å². The summed E-state index contributed by atoms with van der Waals surface area (Å²) >= 11 is 0. The normalized spacial score (nSPS) is 16.5. The van der Waals surface area contributed by atoms with Gasteiger partial charge in [-0.25, -0.2) is 0 Å². The Balaban J connectivity index is 2.10. The maximum Gasteiger partial charge on any atom is 0.367 e. The molecule has 10 nitrogen and oxygen atoms in total. The van der Waals surface area contributed by atoms with E-state index in [1.165, 1.54) is 4.90 Å². The number of amidine groups is 3. The molecular formula is C24H34N6O4S. The first-order valence-electron chi connectivity index (χ1n) is 11.1. The molecule has 0 radical (unpaired) electrons. The first-order valence-corrected chi connectivity index (χ1v) is 12.5. The smallest absolute Gasteiger partial charge is 0.367 e. The molecule has 0 spiro atoms. The Bertz CT molecular complexity index is 1300. The van der Waals surface area contributed by atoms with Crippen LogP contribution in [-0.4, -0.2) is 76.1 Å². The summed E-state index contributed by atoms with van der Waals surface area (Å²) in [7, 11) is 4.60. The van der Waals surface area contributed by atoms with E-state index in [2.05, 4.69) is 13.8 Å². The number of benzene rings is 1. The SMILES string of the molecule is C/N=C(/c1cccc(N(C)C2=NS(=O)(=O)N=C2N(C)[C@@H](c2ccc(C)o2)C(C)(C)C)c1O)N(C)C. The molecule has 3 rings (SSSR count). The molecule has 1 aliphatic heterocycles. The molecular weight excluding hydrogens is 468 g/mol. The van der Waals surface area contributed by atoms with Crippen molar-refractivity contribution >= 4 is 33.4 Å². The minimum Gasteiger partial charge on any atom is -0.505 e. The highest BCUT2D eigenvalue weighted by molar-refractivity contribution is 7.89. The molecule has 190 valence electrons. The van der Waals surface area contributed by atoms with Crippen LogP contribution < -0.4 is 4.90 Å². The second-order valence-corrected chi connectivity index (χ2v) is 11.0. The number of furan rings is 1. The lowest BCUT2D eigenvalue weighted by Crippen LogP contribution is -2.45. The molecule has 0 saturated carbocycles. The van der Waals surface area contributed by atoms with Crippen LogP contribution in [0.2, 0.25) is 0 Å². The zero-order valence-electron chi connectivity index (χ0n) is 21.7. The number of anilines is 1. The summed E-state index contributed by atoms with van der Waals surface area (Å²) < 4.78 is 38.9. The van der Waals surface area contributed by atoms with Crippen LogP contribution >= 0.6 is 0 Å². The third-order valence-corrected chi connectivity index (χ3v) is 6.55. The summed E-state index contributed by atoms with van der Waals surface area (Å²) in [5.41, 5.74) is 0.537. The zero-order valence-corrected chi connectivity index (χ0v) is 22.5. The second kappa shape index (κ2) is 9.37. The van der Waals surface area contributed by atoms with Gasteiger partial charge in [0.05, 0.1) is 17.3 Å². The largest absolute Gasteiger partial charge is 0.505 e. The molecule has 1 aromatic heterocycles. The second-order valence-electron chi connectivity index (χ2n) is 9.78. The molecule has 0 aliphatic carbocycles. The van der Waals surface area contributed by atoms with Crippen molar-refractivity contribution in [2.45, 2.75) is 33.7 Å². The van der Waals surface area contributed by atoms with Gasteiger partial charge in [0.1, 0.15) is 23.1 Å². The van der Waals surface area contributed by atoms with Gasteiger partial charge in [-0.2, -0.15) is 8.42 Å². The van der Waals surface area contributed by atoms with Crippen LogP contribution in [0.5, 0.6) is 5.75 Å². The van der Waals surface area contributed by atoms with Gasteiger partial charge in [-0.3, -0.25) is 4.99 Å². The number of likely N-dealkylation sites (N-methyl/N-ethyl adjacent to an activating group) is 2. The summed E-state index contributed by atoms with van der Waals surface area (Å²) in [4.78, 5) is 9.34. The minimum atomic E-state index is -4.11. The van der Waals surface area contributed by atoms with Gasteiger partial charge < -0.3 is 24.2 Å². The van der Waals surface area contributed by atoms with Crippen LogP contribution in [0, 0.1) is 12.3 Å². The van der Waals surface area contributed by atoms with E-state index < -0.39 is 10.2 Å². The number of para-hydroxylation sites is 1. The molecule has 1 aromatic carbocycles. The lowest BCUT2D eigenvalue weighted by atomic mass is 9.84. The van der Waals surface area contributed by atoms with E-state index in [1.54, 1.807) is 49.1 Å². The number of hydrogen-bond donors (Lipinski definition) is 1. The molecule has 0 bridgehead atoms. The number of rotatable bonds is 4. The summed E-state index contributed by atoms with van der Waals surface area (Å²) in [5, 5.41) is 11.1. The lowest BCUT2D eigenvalue weighted by Gasteiger charge is -2.38. The summed E-state index contributed by atoms with van der Waals surface area (Å²) in [6.45, 7) is 7.98. The topological polar surface area (TPSA) is 114 Å². The van der Waals surface area contributed by atoms with Crippen molar-refractivity contribution in [3.05, 3.63) is 47.4 Å². The van der Waals surface area contributed by atoms with Crippen LogP contribution in [0.15, 0.2) is 48.5 Å². The van der Waals surface area contributed by atoms with Gasteiger partial charge in [-0.1, -0.05) is 26.8 Å². The molecule has 1 atom stereocenters. The summed E-state index contributed by atoms with van der Waals surface area (Å²) in [5.74, 6) is 2.22. The van der Waals surface area contributed by atoms with Gasteiger partial charge in [0.25, 0.3) is 0 Å². The van der Waals surface area contributed by atoms with Crippen molar-refractivity contribution in [3.8, 4) is 5.75 Å². The van der Waals surface area contributed by atoms with Crippen LogP contribution in [0.1, 0.15) is 43.9 Å². The zero-order chi connectivity index (χ0) is 26.3. The van der Waals surface area contributed by atoms with Gasteiger partial charge in [0, 0.05) is 35.2 Å². The van der Waals surface area contributed by atoms with Crippen LogP contribution in [0.4, 0.5) is 5.69 Å². The Kier molecular flexibility index (Phi) is 7.03. The molecule has 2 heterocycles. The molecule has 0 unspecified atom stereocenters. The molecule has 1 aliphatic rings. The van der Waals surface area contributed by atoms with E-state index in [-0.39, 0.29) is 28.9 Å². The van der Waals surface area contributed by atoms with E-state index in [0.29, 0.717) is 22.8 Å². The van der Waals surface area contributed by atoms with Crippen molar-refractivity contribution in [2.24, 2.45) is 19.2 Å². The van der Waals surface area contributed by atoms with Crippen LogP contribution in [0.3, 0.4) is 0 Å². The highest BCUT2D eigenvalue weighted by Gasteiger charge is 2.40. The number of phenols is 1. The van der Waals surface area contributed by atoms with Crippen molar-refractivity contribution in [2.75, 3.05) is 40.1 Å². The van der Waals surface area contributed by atoms with E-state index >= 15 is 0 Å². The molecule has 0 amide bonds. The van der Waals surface area contributed by atoms with E-state index in [9.17, 15) is 13.5 Å². The standard InChI is InChI=1S/C24H34N6O4S/c1-15-13-14-18(34-15)20(24(2,3)4)30(9)23-22(26-35(32,33)27-23)29(8)17-12-10-11-16(19(17)31)21(25-5)28(6)7/h10-14,20,31H,1-9H3/b25-21-/t20-/m0/s1. The molecule has 2 aromatic rings. The first kappa shape index (κ1) is 26.3. The maximum atomic E-state index is 12.6. The summed E-state index contributed by atoms with van der Waals surface area (Å²) in [6.07, 6.45) is 0. The maximum absolute atomic E-state index is 12.6. The minimum absolute atomic E-state index is 0.0488. The Labute approximate surface area is 207 Å². The highest BCUT2D eigenvalue weighted by atomic mass is 32.2. The average Bonchev–Trinajstić information content (AvgIpc) is 3.30. The number of aryl methyl sites for hydroxylation is 1. The predicted octanol–water partition coefficient (Wildman–Crippen LogP) is 3.44. The lowest BCUT2D eigenvalue weighted by molar-refractivity contribution is 0.165. The van der Waals surface area contributed by atoms with Crippen molar-refractivity contribution in [1.82, 2.24) is 9.80 Å². The molecule has 1 N–H and O–H groups in total. The number of aliphatic imine (C=N–C) groups is 1. The van der Waals surface area contributed by atoms with Gasteiger partial charge in [-0.15, -0.1) is 8.80 Å². The van der Waals surface area contributed by atoms with Gasteiger partial charge in [0.15, 0.2) is 11.7 Å². The number of nitrogens with zero attached hydrogens (tertiary/aromatic N) is 6. The average molecular weight is 503 g/mol. The fraction of sp³-hybridized carbons (Fsp3) is 0.458. The van der Waals surface area contributed by atoms with E-state index in [4.69, 9.17) is 4.42 Å². The van der Waals surface area contributed by atoms with Crippen molar-refractivity contribution in [1.29, 1.82) is 0 Å². The Morgan fingerprint density at radius 3 is 2.20 bits per heavy atom. The fourth-order valence-corrected chi connectivity index (χ4v) is 5.23. The highest BCUT2D eigenvalue weighted by Crippen LogP contribution is 2.40. The fourth-order valence-electron chi connectivity index (χ4n) is 4.33. The molecule has 35 heavy (non-hydrogen) atoms. The number of phenolic OH excluding ortho intramolecular Hbond substituents is 1. The van der Waals surface area contributed by atoms with Crippen LogP contribution in [-0.2, 0) is 10.2 Å². The van der Waals surface area contributed by atoms with Crippen molar-refractivity contribution < 1.29 is 17.9 Å². The van der Waals surface area contributed by atoms with Crippen molar-refractivity contribution in [3.63, 3.8) is 0 Å². The number of aromatic hydroxyl groups is 1. The molecule has 11 heteroatoms. The molecule has 0 saturated heterocycles. The Hall–Kier alpha value is -3.34.